The van der Waals surface area contributed by atoms with E-state index in [1.165, 1.54) is 13.5 Å². The summed E-state index contributed by atoms with van der Waals surface area (Å²) < 4.78 is 4.79. The lowest BCUT2D eigenvalue weighted by Gasteiger charge is -2.61. The number of rotatable bonds is 1. The van der Waals surface area contributed by atoms with Crippen molar-refractivity contribution in [3.8, 4) is 0 Å². The molecule has 4 rings (SSSR count). The van der Waals surface area contributed by atoms with Crippen molar-refractivity contribution in [2.45, 2.75) is 77.4 Å². The Morgan fingerprint density at radius 1 is 1.08 bits per heavy atom. The smallest absolute Gasteiger partial charge is 0.330 e. The van der Waals surface area contributed by atoms with Crippen LogP contribution in [0, 0.1) is 34.5 Å². The average molecular weight is 363 g/mol. The molecule has 0 saturated heterocycles. The van der Waals surface area contributed by atoms with E-state index in [9.17, 15) is 15.0 Å². The highest BCUT2D eigenvalue weighted by atomic mass is 16.5. The van der Waals surface area contributed by atoms with Gasteiger partial charge in [-0.2, -0.15) is 0 Å². The number of fused-ring (bicyclic) bond motifs is 5. The summed E-state index contributed by atoms with van der Waals surface area (Å²) in [5, 5.41) is 21.6. The molecule has 8 atom stereocenters. The molecule has 0 aromatic rings. The minimum atomic E-state index is -0.303. The summed E-state index contributed by atoms with van der Waals surface area (Å²) in [6.07, 6.45) is 9.15. The van der Waals surface area contributed by atoms with Crippen LogP contribution in [0.25, 0.3) is 0 Å². The summed E-state index contributed by atoms with van der Waals surface area (Å²) in [6.45, 7) is 4.67. The lowest BCUT2D eigenvalue weighted by Crippen LogP contribution is -2.57. The first-order valence-electron chi connectivity index (χ1n) is 10.4. The number of carbonyl (C=O) groups excluding carboxylic acids is 1. The van der Waals surface area contributed by atoms with Crippen LogP contribution in [-0.2, 0) is 9.53 Å². The minimum Gasteiger partial charge on any atom is -0.466 e. The van der Waals surface area contributed by atoms with Crippen molar-refractivity contribution in [1.29, 1.82) is 0 Å². The van der Waals surface area contributed by atoms with Gasteiger partial charge in [0.15, 0.2) is 0 Å². The zero-order valence-corrected chi connectivity index (χ0v) is 16.4. The van der Waals surface area contributed by atoms with Crippen molar-refractivity contribution in [1.82, 2.24) is 0 Å². The topological polar surface area (TPSA) is 66.8 Å². The highest BCUT2D eigenvalue weighted by molar-refractivity contribution is 5.82. The molecule has 4 aliphatic carbocycles. The van der Waals surface area contributed by atoms with Gasteiger partial charge >= 0.3 is 5.97 Å². The van der Waals surface area contributed by atoms with Gasteiger partial charge in [-0.1, -0.05) is 19.4 Å². The number of carbonyl (C=O) groups is 1. The molecular weight excluding hydrogens is 328 g/mol. The van der Waals surface area contributed by atoms with E-state index in [1.807, 2.05) is 0 Å². The molecule has 0 aromatic carbocycles. The Morgan fingerprint density at radius 2 is 1.81 bits per heavy atom. The lowest BCUT2D eigenvalue weighted by atomic mass is 9.44. The monoisotopic (exact) mass is 362 g/mol. The zero-order chi connectivity index (χ0) is 18.7. The number of aliphatic hydroxyl groups excluding tert-OH is 2. The molecule has 0 spiro atoms. The fraction of sp³-hybridized carbons (Fsp3) is 0.864. The van der Waals surface area contributed by atoms with Crippen molar-refractivity contribution in [3.63, 3.8) is 0 Å². The van der Waals surface area contributed by atoms with Gasteiger partial charge in [-0.15, -0.1) is 0 Å². The van der Waals surface area contributed by atoms with Crippen LogP contribution in [0.1, 0.15) is 65.2 Å². The van der Waals surface area contributed by atoms with Crippen LogP contribution < -0.4 is 0 Å². The van der Waals surface area contributed by atoms with Gasteiger partial charge in [0.05, 0.1) is 19.3 Å². The van der Waals surface area contributed by atoms with Crippen LogP contribution in [0.15, 0.2) is 11.6 Å². The second-order valence-electron chi connectivity index (χ2n) is 9.96. The molecule has 4 heteroatoms. The molecule has 0 aliphatic heterocycles. The second-order valence-corrected chi connectivity index (χ2v) is 9.96. The minimum absolute atomic E-state index is 0.0503. The number of ether oxygens (including phenoxy) is 1. The number of methoxy groups -OCH3 is 1. The molecule has 0 radical (unpaired) electrons. The van der Waals surface area contributed by atoms with E-state index in [1.54, 1.807) is 6.08 Å². The normalized spacial score (nSPS) is 52.1. The molecule has 146 valence electrons. The molecule has 4 aliphatic rings. The maximum absolute atomic E-state index is 11.6. The summed E-state index contributed by atoms with van der Waals surface area (Å²) in [5.41, 5.74) is 1.33. The van der Waals surface area contributed by atoms with Crippen LogP contribution >= 0.6 is 0 Å². The fourth-order valence-electron chi connectivity index (χ4n) is 7.48. The number of aliphatic hydroxyl groups is 2. The van der Waals surface area contributed by atoms with E-state index in [0.717, 1.165) is 50.5 Å². The van der Waals surface area contributed by atoms with E-state index >= 15 is 0 Å². The van der Waals surface area contributed by atoms with Gasteiger partial charge in [-0.05, 0) is 85.9 Å². The number of hydrogen-bond donors (Lipinski definition) is 2. The third-order valence-corrected chi connectivity index (χ3v) is 9.05. The third kappa shape index (κ3) is 2.59. The molecule has 0 amide bonds. The Labute approximate surface area is 157 Å². The molecule has 4 fully saturated rings. The highest BCUT2D eigenvalue weighted by Crippen LogP contribution is 2.66. The summed E-state index contributed by atoms with van der Waals surface area (Å²) in [5.74, 6) is 1.69. The van der Waals surface area contributed by atoms with E-state index in [2.05, 4.69) is 13.8 Å². The Morgan fingerprint density at radius 3 is 2.54 bits per heavy atom. The Hall–Kier alpha value is -0.870. The second kappa shape index (κ2) is 6.34. The van der Waals surface area contributed by atoms with Crippen molar-refractivity contribution in [3.05, 3.63) is 11.6 Å². The zero-order valence-electron chi connectivity index (χ0n) is 16.4. The van der Waals surface area contributed by atoms with Gasteiger partial charge in [-0.3, -0.25) is 0 Å². The summed E-state index contributed by atoms with van der Waals surface area (Å²) in [4.78, 5) is 11.6. The molecule has 4 saturated carbocycles. The number of hydrogen-bond acceptors (Lipinski definition) is 4. The van der Waals surface area contributed by atoms with Gasteiger partial charge in [0, 0.05) is 6.08 Å². The summed E-state index contributed by atoms with van der Waals surface area (Å²) in [6, 6.07) is 0. The first-order chi connectivity index (χ1) is 12.3. The molecule has 2 N–H and O–H groups in total. The van der Waals surface area contributed by atoms with Crippen molar-refractivity contribution in [2.24, 2.45) is 34.5 Å². The molecule has 3 unspecified atom stereocenters. The first kappa shape index (κ1) is 18.5. The van der Waals surface area contributed by atoms with E-state index in [-0.39, 0.29) is 34.9 Å². The van der Waals surface area contributed by atoms with E-state index in [4.69, 9.17) is 4.74 Å². The van der Waals surface area contributed by atoms with Crippen LogP contribution in [0.4, 0.5) is 0 Å². The Balaban J connectivity index is 1.60. The van der Waals surface area contributed by atoms with Crippen LogP contribution in [0.2, 0.25) is 0 Å². The molecule has 0 aromatic heterocycles. The average Bonchev–Trinajstić information content (AvgIpc) is 2.91. The maximum Gasteiger partial charge on any atom is 0.330 e. The van der Waals surface area contributed by atoms with E-state index < -0.39 is 0 Å². The largest absolute Gasteiger partial charge is 0.466 e. The van der Waals surface area contributed by atoms with Crippen LogP contribution in [0.5, 0.6) is 0 Å². The molecular formula is C22H34O4. The Kier molecular flexibility index (Phi) is 4.51. The number of esters is 1. The SMILES string of the molecule is COC(=O)C=C1CC[C@]2(C)C3CC[C@@]4(C)C(CC[C@@H]4O)C3C[C@H](O)[C@H]2C1. The molecule has 26 heavy (non-hydrogen) atoms. The van der Waals surface area contributed by atoms with Crippen molar-refractivity contribution < 1.29 is 19.7 Å². The lowest BCUT2D eigenvalue weighted by molar-refractivity contribution is -0.157. The Bertz CT molecular complexity index is 613. The third-order valence-electron chi connectivity index (χ3n) is 9.05. The van der Waals surface area contributed by atoms with Gasteiger partial charge in [0.25, 0.3) is 0 Å². The standard InChI is InChI=1S/C22H34O4/c1-21-8-6-13(11-20(25)26-3)10-17(21)18(23)12-14-15-4-5-19(24)22(15,2)9-7-16(14)21/h11,14-19,23-24H,4-10,12H2,1-3H3/t14?,15?,16?,17-,18+,19+,21-,22+/m1/s1. The van der Waals surface area contributed by atoms with Gasteiger partial charge in [0.1, 0.15) is 0 Å². The molecule has 0 bridgehead atoms. The highest BCUT2D eigenvalue weighted by Gasteiger charge is 2.61. The quantitative estimate of drug-likeness (QED) is 0.554. The fourth-order valence-corrected chi connectivity index (χ4v) is 7.48. The predicted molar refractivity (Wildman–Crippen MR) is 99.2 cm³/mol. The van der Waals surface area contributed by atoms with Gasteiger partial charge < -0.3 is 14.9 Å². The number of allylic oxidation sites excluding steroid dienone is 1. The maximum atomic E-state index is 11.6. The molecule has 4 nitrogen and oxygen atoms in total. The molecule has 0 heterocycles. The van der Waals surface area contributed by atoms with Gasteiger partial charge in [-0.25, -0.2) is 4.79 Å². The van der Waals surface area contributed by atoms with Crippen LogP contribution in [0.3, 0.4) is 0 Å². The van der Waals surface area contributed by atoms with Gasteiger partial charge in [0.2, 0.25) is 0 Å². The summed E-state index contributed by atoms with van der Waals surface area (Å²) >= 11 is 0. The van der Waals surface area contributed by atoms with E-state index in [0.29, 0.717) is 17.8 Å². The van der Waals surface area contributed by atoms with Crippen molar-refractivity contribution >= 4 is 5.97 Å². The predicted octanol–water partition coefficient (Wildman–Crippen LogP) is 3.46. The summed E-state index contributed by atoms with van der Waals surface area (Å²) in [7, 11) is 1.42. The van der Waals surface area contributed by atoms with Crippen molar-refractivity contribution in [2.75, 3.05) is 7.11 Å². The van der Waals surface area contributed by atoms with Crippen LogP contribution in [-0.4, -0.2) is 35.5 Å². The first-order valence-corrected chi connectivity index (χ1v) is 10.4.